The third-order valence-electron chi connectivity index (χ3n) is 7.40. The van der Waals surface area contributed by atoms with E-state index in [-0.39, 0.29) is 17.6 Å². The minimum absolute atomic E-state index is 0.175. The molecule has 1 aliphatic carbocycles. The molecule has 1 radical (unpaired) electrons. The van der Waals surface area contributed by atoms with Gasteiger partial charge in [0.2, 0.25) is 5.91 Å². The highest BCUT2D eigenvalue weighted by atomic mass is 32.1. The summed E-state index contributed by atoms with van der Waals surface area (Å²) in [6.07, 6.45) is 5.14. The fourth-order valence-electron chi connectivity index (χ4n) is 4.82. The van der Waals surface area contributed by atoms with E-state index in [0.717, 1.165) is 38.9 Å². The van der Waals surface area contributed by atoms with E-state index in [0.29, 0.717) is 31.5 Å². The molecule has 7 heteroatoms. The lowest BCUT2D eigenvalue weighted by Gasteiger charge is -2.39. The molecule has 0 fully saturated rings. The first-order valence-electron chi connectivity index (χ1n) is 13.0. The molecule has 2 heterocycles. The highest BCUT2D eigenvalue weighted by Crippen LogP contribution is 2.41. The van der Waals surface area contributed by atoms with Gasteiger partial charge in [-0.25, -0.2) is 4.98 Å². The van der Waals surface area contributed by atoms with Crippen molar-refractivity contribution in [3.05, 3.63) is 88.3 Å². The number of thiazole rings is 1. The fraction of sp³-hybridized carbons (Fsp3) is 0.290. The van der Waals surface area contributed by atoms with Crippen LogP contribution in [0.25, 0.3) is 27.8 Å². The van der Waals surface area contributed by atoms with E-state index >= 15 is 0 Å². The van der Waals surface area contributed by atoms with Crippen LogP contribution in [0, 0.1) is 13.3 Å². The summed E-state index contributed by atoms with van der Waals surface area (Å²) < 4.78 is 6.28. The molecule has 0 saturated carbocycles. The van der Waals surface area contributed by atoms with E-state index in [1.165, 1.54) is 11.3 Å². The van der Waals surface area contributed by atoms with E-state index < -0.39 is 5.54 Å². The van der Waals surface area contributed by atoms with Gasteiger partial charge in [-0.15, -0.1) is 11.3 Å². The van der Waals surface area contributed by atoms with Crippen molar-refractivity contribution < 1.29 is 14.0 Å². The molecule has 1 atom stereocenters. The number of hydrogen-bond donors (Lipinski definition) is 1. The van der Waals surface area contributed by atoms with Crippen molar-refractivity contribution >= 4 is 39.7 Å². The molecule has 0 aliphatic heterocycles. The van der Waals surface area contributed by atoms with Crippen molar-refractivity contribution in [2.75, 3.05) is 6.54 Å². The summed E-state index contributed by atoms with van der Waals surface area (Å²) in [4.78, 5) is 34.0. The number of carbonyl (C=O) groups is 2. The third kappa shape index (κ3) is 4.78. The Labute approximate surface area is 227 Å². The van der Waals surface area contributed by atoms with E-state index in [2.05, 4.69) is 10.3 Å². The van der Waals surface area contributed by atoms with Crippen LogP contribution in [0.3, 0.4) is 0 Å². The SMILES string of the molecule is CCCN(C(=O)c1oc2cc(-c3cscn3)ccc2c1C1=C[CH]1)C(C)(CC)C(=O)NCc1ccccc1C. The molecule has 2 aromatic carbocycles. The second-order valence-electron chi connectivity index (χ2n) is 9.87. The van der Waals surface area contributed by atoms with Gasteiger partial charge in [0.25, 0.3) is 5.91 Å². The van der Waals surface area contributed by atoms with Crippen molar-refractivity contribution in [1.82, 2.24) is 15.2 Å². The topological polar surface area (TPSA) is 75.4 Å². The predicted molar refractivity (Wildman–Crippen MR) is 153 cm³/mol. The molecule has 1 N–H and O–H groups in total. The first-order chi connectivity index (χ1) is 18.4. The molecule has 2 aromatic heterocycles. The summed E-state index contributed by atoms with van der Waals surface area (Å²) in [6, 6.07) is 13.9. The lowest BCUT2D eigenvalue weighted by Crippen LogP contribution is -2.58. The number of hydrogen-bond acceptors (Lipinski definition) is 5. The number of furan rings is 1. The van der Waals surface area contributed by atoms with Crippen LogP contribution in [0.4, 0.5) is 0 Å². The van der Waals surface area contributed by atoms with Crippen molar-refractivity contribution in [3.8, 4) is 11.3 Å². The Hall–Kier alpha value is -3.71. The monoisotopic (exact) mass is 526 g/mol. The average Bonchev–Trinajstić information content (AvgIpc) is 3.46. The van der Waals surface area contributed by atoms with Crippen LogP contribution in [0.15, 0.2) is 63.8 Å². The van der Waals surface area contributed by atoms with Crippen molar-refractivity contribution in [2.45, 2.75) is 52.6 Å². The van der Waals surface area contributed by atoms with Gasteiger partial charge in [-0.2, -0.15) is 0 Å². The van der Waals surface area contributed by atoms with E-state index in [1.54, 1.807) is 10.4 Å². The Kier molecular flexibility index (Phi) is 7.21. The molecule has 1 unspecified atom stereocenters. The van der Waals surface area contributed by atoms with E-state index in [1.807, 2.05) is 88.0 Å². The number of benzene rings is 2. The Bertz CT molecular complexity index is 1520. The lowest BCUT2D eigenvalue weighted by molar-refractivity contribution is -0.131. The molecule has 0 bridgehead atoms. The zero-order chi connectivity index (χ0) is 26.9. The van der Waals surface area contributed by atoms with E-state index in [9.17, 15) is 9.59 Å². The zero-order valence-corrected chi connectivity index (χ0v) is 23.0. The highest BCUT2D eigenvalue weighted by Gasteiger charge is 2.43. The molecule has 2 amide bonds. The average molecular weight is 527 g/mol. The predicted octanol–water partition coefficient (Wildman–Crippen LogP) is 6.80. The number of nitrogens with one attached hydrogen (secondary N) is 1. The molecular formula is C31H32N3O3S. The first kappa shape index (κ1) is 25.9. The van der Waals surface area contributed by atoms with Gasteiger partial charge in [0.15, 0.2) is 5.76 Å². The molecule has 6 nitrogen and oxygen atoms in total. The van der Waals surface area contributed by atoms with Gasteiger partial charge in [0, 0.05) is 41.4 Å². The van der Waals surface area contributed by atoms with Gasteiger partial charge in [-0.1, -0.05) is 50.3 Å². The fourth-order valence-corrected chi connectivity index (χ4v) is 5.38. The number of allylic oxidation sites excluding steroid dienone is 2. The number of aryl methyl sites for hydroxylation is 1. The van der Waals surface area contributed by atoms with Crippen molar-refractivity contribution in [1.29, 1.82) is 0 Å². The molecule has 38 heavy (non-hydrogen) atoms. The zero-order valence-electron chi connectivity index (χ0n) is 22.2. The maximum Gasteiger partial charge on any atom is 0.291 e. The van der Waals surface area contributed by atoms with Gasteiger partial charge in [-0.05, 0) is 55.5 Å². The van der Waals surface area contributed by atoms with Crippen molar-refractivity contribution in [2.24, 2.45) is 0 Å². The molecule has 5 rings (SSSR count). The number of rotatable bonds is 10. The second kappa shape index (κ2) is 10.6. The number of carbonyl (C=O) groups excluding carboxylic acids is 2. The minimum Gasteiger partial charge on any atom is -0.450 e. The maximum absolute atomic E-state index is 14.2. The van der Waals surface area contributed by atoms with Gasteiger partial charge in [0.05, 0.1) is 11.2 Å². The Balaban J connectivity index is 1.49. The van der Waals surface area contributed by atoms with Gasteiger partial charge in [-0.3, -0.25) is 9.59 Å². The second-order valence-corrected chi connectivity index (χ2v) is 10.6. The van der Waals surface area contributed by atoms with Gasteiger partial charge in [0.1, 0.15) is 11.1 Å². The van der Waals surface area contributed by atoms with Crippen LogP contribution in [-0.4, -0.2) is 33.8 Å². The van der Waals surface area contributed by atoms with Crippen molar-refractivity contribution in [3.63, 3.8) is 0 Å². The Morgan fingerprint density at radius 3 is 2.61 bits per heavy atom. The Morgan fingerprint density at radius 1 is 1.16 bits per heavy atom. The number of amides is 2. The van der Waals surface area contributed by atoms with E-state index in [4.69, 9.17) is 4.42 Å². The smallest absolute Gasteiger partial charge is 0.291 e. The van der Waals surface area contributed by atoms with Crippen LogP contribution in [-0.2, 0) is 11.3 Å². The molecule has 4 aromatic rings. The van der Waals surface area contributed by atoms with Crippen LogP contribution in [0.2, 0.25) is 0 Å². The quantitative estimate of drug-likeness (QED) is 0.246. The normalized spacial score (nSPS) is 14.2. The van der Waals surface area contributed by atoms with Gasteiger partial charge >= 0.3 is 0 Å². The summed E-state index contributed by atoms with van der Waals surface area (Å²) in [6.45, 7) is 8.67. The van der Waals surface area contributed by atoms with Crippen LogP contribution in [0.5, 0.6) is 0 Å². The summed E-state index contributed by atoms with van der Waals surface area (Å²) in [5.41, 5.74) is 7.13. The van der Waals surface area contributed by atoms with Crippen LogP contribution >= 0.6 is 11.3 Å². The number of nitrogens with zero attached hydrogens (tertiary/aromatic N) is 2. The largest absolute Gasteiger partial charge is 0.450 e. The van der Waals surface area contributed by atoms with Gasteiger partial charge < -0.3 is 14.6 Å². The van der Waals surface area contributed by atoms with Crippen LogP contribution in [0.1, 0.15) is 60.9 Å². The number of fused-ring (bicyclic) bond motifs is 1. The Morgan fingerprint density at radius 2 is 1.95 bits per heavy atom. The summed E-state index contributed by atoms with van der Waals surface area (Å²) in [5, 5.41) is 5.96. The first-order valence-corrected chi connectivity index (χ1v) is 14.0. The minimum atomic E-state index is -1.04. The maximum atomic E-state index is 14.2. The summed E-state index contributed by atoms with van der Waals surface area (Å²) in [7, 11) is 0. The molecule has 0 saturated heterocycles. The summed E-state index contributed by atoms with van der Waals surface area (Å²) in [5.74, 6) is -0.175. The molecule has 1 aliphatic rings. The summed E-state index contributed by atoms with van der Waals surface area (Å²) >= 11 is 1.53. The number of aromatic nitrogens is 1. The molecule has 195 valence electrons. The molecule has 0 spiro atoms. The standard InChI is InChI=1S/C31H32N3O3S/c1-5-15-34(31(4,6-2)30(36)32-17-23-10-8-7-9-20(23)3)29(35)28-27(21-11-12-21)24-14-13-22(16-26(24)37-28)25-18-38-19-33-25/h7-14,16,18-19H,5-6,15,17H2,1-4H3,(H,32,36). The third-order valence-corrected chi connectivity index (χ3v) is 7.99. The highest BCUT2D eigenvalue weighted by molar-refractivity contribution is 7.07. The lowest BCUT2D eigenvalue weighted by atomic mass is 9.93. The molecular weight excluding hydrogens is 494 g/mol. The van der Waals surface area contributed by atoms with Crippen LogP contribution < -0.4 is 5.32 Å².